The number of fused-ring (bicyclic) bond motifs is 3. The third-order valence-electron chi connectivity index (χ3n) is 5.80. The Hall–Kier alpha value is -4.97. The molecule has 0 saturated carbocycles. The predicted molar refractivity (Wildman–Crippen MR) is 146 cm³/mol. The van der Waals surface area contributed by atoms with Crippen LogP contribution in [0, 0.1) is 5.82 Å². The summed E-state index contributed by atoms with van der Waals surface area (Å²) in [7, 11) is 1.60. The molecule has 1 aromatic heterocycles. The van der Waals surface area contributed by atoms with Crippen molar-refractivity contribution in [2.24, 2.45) is 0 Å². The highest BCUT2D eigenvalue weighted by atomic mass is 19.1. The van der Waals surface area contributed by atoms with Gasteiger partial charge >= 0.3 is 0 Å². The fourth-order valence-electron chi connectivity index (χ4n) is 4.01. The molecule has 0 bridgehead atoms. The number of carbonyl (C=O) groups excluding carboxylic acids is 2. The second-order valence-electron chi connectivity index (χ2n) is 8.67. The summed E-state index contributed by atoms with van der Waals surface area (Å²) >= 11 is 0. The molecule has 0 saturated heterocycles. The highest BCUT2D eigenvalue weighted by Gasteiger charge is 2.24. The zero-order valence-electron chi connectivity index (χ0n) is 21.5. The van der Waals surface area contributed by atoms with E-state index in [2.05, 4.69) is 25.9 Å². The summed E-state index contributed by atoms with van der Waals surface area (Å²) in [5.41, 5.74) is 2.21. The molecule has 11 nitrogen and oxygen atoms in total. The van der Waals surface area contributed by atoms with Crippen molar-refractivity contribution >= 4 is 45.6 Å². The maximum Gasteiger partial charge on any atom is 0.233 e. The van der Waals surface area contributed by atoms with E-state index in [0.29, 0.717) is 77.5 Å². The topological polar surface area (TPSA) is 133 Å². The number of anilines is 4. The van der Waals surface area contributed by atoms with Gasteiger partial charge in [0.05, 0.1) is 17.5 Å². The summed E-state index contributed by atoms with van der Waals surface area (Å²) in [6.07, 6.45) is 1.04. The van der Waals surface area contributed by atoms with E-state index in [9.17, 15) is 14.0 Å². The largest absolute Gasteiger partial charge is 0.487 e. The zero-order chi connectivity index (χ0) is 27.9. The number of carbonyl (C=O) groups is 2. The first-order valence-electron chi connectivity index (χ1n) is 12.4. The number of amides is 2. The third kappa shape index (κ3) is 6.35. The van der Waals surface area contributed by atoms with Crippen LogP contribution in [0.3, 0.4) is 0 Å². The number of rotatable bonds is 10. The molecular weight excluding hydrogens is 521 g/mol. The van der Waals surface area contributed by atoms with E-state index in [1.165, 1.54) is 30.6 Å². The van der Waals surface area contributed by atoms with Crippen LogP contribution < -0.4 is 30.2 Å². The van der Waals surface area contributed by atoms with Gasteiger partial charge in [-0.15, -0.1) is 0 Å². The summed E-state index contributed by atoms with van der Waals surface area (Å²) in [4.78, 5) is 33.3. The molecule has 3 aromatic carbocycles. The number of halogens is 1. The van der Waals surface area contributed by atoms with Crippen molar-refractivity contribution in [3.63, 3.8) is 0 Å². The van der Waals surface area contributed by atoms with Crippen LogP contribution in [0.4, 0.5) is 27.3 Å². The maximum atomic E-state index is 13.0. The molecular formula is C28H26FN5O6. The van der Waals surface area contributed by atoms with Crippen molar-refractivity contribution in [1.29, 1.82) is 0 Å². The Kier molecular flexibility index (Phi) is 8.16. The molecule has 0 aliphatic carbocycles. The van der Waals surface area contributed by atoms with Gasteiger partial charge in [-0.2, -0.15) is 0 Å². The number of nitrogens with zero attached hydrogens (tertiary/aromatic N) is 2. The molecule has 1 aliphatic rings. The first-order valence-corrected chi connectivity index (χ1v) is 12.4. The van der Waals surface area contributed by atoms with E-state index in [4.69, 9.17) is 18.9 Å². The van der Waals surface area contributed by atoms with Crippen LogP contribution in [-0.4, -0.2) is 55.3 Å². The highest BCUT2D eigenvalue weighted by molar-refractivity contribution is 6.08. The van der Waals surface area contributed by atoms with E-state index in [0.717, 1.165) is 0 Å². The van der Waals surface area contributed by atoms with Crippen molar-refractivity contribution in [3.8, 4) is 17.2 Å². The molecule has 5 rings (SSSR count). The quantitative estimate of drug-likeness (QED) is 0.197. The molecule has 0 radical (unpaired) electrons. The van der Waals surface area contributed by atoms with Gasteiger partial charge in [-0.25, -0.2) is 14.4 Å². The van der Waals surface area contributed by atoms with E-state index >= 15 is 0 Å². The normalized spacial score (nSPS) is 12.1. The zero-order valence-corrected chi connectivity index (χ0v) is 21.5. The molecule has 0 unspecified atom stereocenters. The Bertz CT molecular complexity index is 1510. The molecule has 206 valence electrons. The van der Waals surface area contributed by atoms with Gasteiger partial charge < -0.3 is 34.9 Å². The van der Waals surface area contributed by atoms with Crippen LogP contribution >= 0.6 is 0 Å². The van der Waals surface area contributed by atoms with Gasteiger partial charge in [0.25, 0.3) is 0 Å². The Balaban J connectivity index is 1.26. The first-order chi connectivity index (χ1) is 19.5. The summed E-state index contributed by atoms with van der Waals surface area (Å²) in [5, 5.41) is 9.14. The maximum absolute atomic E-state index is 13.0. The Morgan fingerprint density at radius 3 is 2.17 bits per heavy atom. The van der Waals surface area contributed by atoms with Crippen LogP contribution in [0.2, 0.25) is 0 Å². The van der Waals surface area contributed by atoms with Gasteiger partial charge in [-0.1, -0.05) is 0 Å². The van der Waals surface area contributed by atoms with Crippen molar-refractivity contribution in [1.82, 2.24) is 9.97 Å². The molecule has 2 amide bonds. The van der Waals surface area contributed by atoms with E-state index in [-0.39, 0.29) is 0 Å². The van der Waals surface area contributed by atoms with Crippen molar-refractivity contribution in [2.45, 2.75) is 6.42 Å². The van der Waals surface area contributed by atoms with Gasteiger partial charge in [-0.3, -0.25) is 9.59 Å². The average Bonchev–Trinajstić information content (AvgIpc) is 2.95. The second-order valence-corrected chi connectivity index (χ2v) is 8.67. The lowest BCUT2D eigenvalue weighted by Crippen LogP contribution is -2.21. The number of aromatic nitrogens is 2. The summed E-state index contributed by atoms with van der Waals surface area (Å²) in [6.45, 7) is 1.52. The predicted octanol–water partition coefficient (Wildman–Crippen LogP) is 4.28. The van der Waals surface area contributed by atoms with Crippen molar-refractivity contribution < 1.29 is 32.9 Å². The minimum atomic E-state index is -0.514. The highest BCUT2D eigenvalue weighted by Crippen LogP contribution is 2.47. The SMILES string of the molecule is COCCOc1cc2ncnc(Nc3ccc(NC(=O)CC(=O)Nc4ccc(F)cc4)cc3)c2c2c1OCCO2. The molecule has 0 spiro atoms. The number of hydrogen-bond acceptors (Lipinski definition) is 9. The summed E-state index contributed by atoms with van der Waals surface area (Å²) in [6, 6.07) is 14.0. The van der Waals surface area contributed by atoms with Gasteiger partial charge in [0.1, 0.15) is 44.2 Å². The van der Waals surface area contributed by atoms with Crippen LogP contribution in [0.1, 0.15) is 6.42 Å². The lowest BCUT2D eigenvalue weighted by Gasteiger charge is -2.23. The standard InChI is InChI=1S/C28H26FN5O6/c1-37-10-11-38-22-14-21-25(27-26(22)39-12-13-40-27)28(31-16-30-21)34-20-8-6-19(7-9-20)33-24(36)15-23(35)32-18-4-2-17(29)3-5-18/h2-9,14,16H,10-13,15H2,1H3,(H,32,35)(H,33,36)(H,30,31,34). The molecule has 12 heteroatoms. The van der Waals surface area contributed by atoms with Gasteiger partial charge in [-0.05, 0) is 48.5 Å². The van der Waals surface area contributed by atoms with Crippen molar-refractivity contribution in [3.05, 3.63) is 66.7 Å². The summed E-state index contributed by atoms with van der Waals surface area (Å²) < 4.78 is 35.7. The van der Waals surface area contributed by atoms with Gasteiger partial charge in [0, 0.05) is 30.2 Å². The van der Waals surface area contributed by atoms with Gasteiger partial charge in [0.15, 0.2) is 11.5 Å². The number of benzene rings is 3. The van der Waals surface area contributed by atoms with Gasteiger partial charge in [0.2, 0.25) is 17.6 Å². The monoisotopic (exact) mass is 547 g/mol. The van der Waals surface area contributed by atoms with Crippen molar-refractivity contribution in [2.75, 3.05) is 49.5 Å². The number of ether oxygens (including phenoxy) is 4. The molecule has 0 atom stereocenters. The lowest BCUT2D eigenvalue weighted by molar-refractivity contribution is -0.123. The van der Waals surface area contributed by atoms with Crippen LogP contribution in [0.25, 0.3) is 10.9 Å². The molecule has 40 heavy (non-hydrogen) atoms. The number of nitrogens with one attached hydrogen (secondary N) is 3. The first kappa shape index (κ1) is 26.6. The number of hydrogen-bond donors (Lipinski definition) is 3. The van der Waals surface area contributed by atoms with E-state index in [1.54, 1.807) is 37.4 Å². The smallest absolute Gasteiger partial charge is 0.233 e. The molecule has 1 aliphatic heterocycles. The van der Waals surface area contributed by atoms with Crippen LogP contribution in [-0.2, 0) is 14.3 Å². The fourth-order valence-corrected chi connectivity index (χ4v) is 4.01. The van der Waals surface area contributed by atoms with E-state index in [1.807, 2.05) is 0 Å². The Morgan fingerprint density at radius 1 is 0.875 bits per heavy atom. The Labute approximate surface area is 228 Å². The van der Waals surface area contributed by atoms with Crippen LogP contribution in [0.15, 0.2) is 60.9 Å². The lowest BCUT2D eigenvalue weighted by atomic mass is 10.1. The minimum absolute atomic E-state index is 0.343. The molecule has 2 heterocycles. The summed E-state index contributed by atoms with van der Waals surface area (Å²) in [5.74, 6) is 0.561. The minimum Gasteiger partial charge on any atom is -0.487 e. The molecule has 0 fully saturated rings. The average molecular weight is 548 g/mol. The molecule has 3 N–H and O–H groups in total. The fraction of sp³-hybridized carbons (Fsp3) is 0.214. The van der Waals surface area contributed by atoms with Crippen LogP contribution in [0.5, 0.6) is 17.2 Å². The second kappa shape index (κ2) is 12.3. The molecule has 4 aromatic rings. The van der Waals surface area contributed by atoms with E-state index < -0.39 is 24.1 Å². The number of methoxy groups -OCH3 is 1. The third-order valence-corrected chi connectivity index (χ3v) is 5.80. The Morgan fingerprint density at radius 2 is 1.50 bits per heavy atom.